The lowest BCUT2D eigenvalue weighted by molar-refractivity contribution is 0.224. The molecular weight excluding hydrogens is 226 g/mol. The van der Waals surface area contributed by atoms with Crippen LogP contribution in [0.15, 0.2) is 18.2 Å². The van der Waals surface area contributed by atoms with Crippen molar-refractivity contribution in [2.45, 2.75) is 18.9 Å². The molecule has 3 nitrogen and oxygen atoms in total. The summed E-state index contributed by atoms with van der Waals surface area (Å²) in [5, 5.41) is 12.7. The standard InChI is InChI=1S/C12H16ClNO2/c13-10-2-3-12-9(6-10)7-11(16-12)8-14-4-1-5-15/h2-3,6,11,14-15H,1,4-5,7-8H2. The smallest absolute Gasteiger partial charge is 0.123 e. The van der Waals surface area contributed by atoms with E-state index in [1.165, 1.54) is 5.56 Å². The Labute approximate surface area is 100 Å². The molecule has 0 aliphatic carbocycles. The number of aliphatic hydroxyl groups is 1. The van der Waals surface area contributed by atoms with Gasteiger partial charge in [-0.1, -0.05) is 11.6 Å². The first kappa shape index (κ1) is 11.7. The maximum atomic E-state index is 8.64. The highest BCUT2D eigenvalue weighted by Gasteiger charge is 2.22. The van der Waals surface area contributed by atoms with Gasteiger partial charge in [-0.15, -0.1) is 0 Å². The van der Waals surface area contributed by atoms with Crippen LogP contribution >= 0.6 is 11.6 Å². The van der Waals surface area contributed by atoms with Crippen molar-refractivity contribution in [1.82, 2.24) is 5.32 Å². The van der Waals surface area contributed by atoms with Crippen LogP contribution in [0.3, 0.4) is 0 Å². The lowest BCUT2D eigenvalue weighted by Crippen LogP contribution is -2.30. The summed E-state index contributed by atoms with van der Waals surface area (Å²) >= 11 is 5.92. The summed E-state index contributed by atoms with van der Waals surface area (Å²) in [6.07, 6.45) is 1.88. The molecule has 0 fully saturated rings. The lowest BCUT2D eigenvalue weighted by atomic mass is 10.1. The van der Waals surface area contributed by atoms with Crippen molar-refractivity contribution in [3.8, 4) is 5.75 Å². The van der Waals surface area contributed by atoms with Gasteiger partial charge in [0.2, 0.25) is 0 Å². The van der Waals surface area contributed by atoms with E-state index in [0.717, 1.165) is 36.7 Å². The molecule has 2 rings (SSSR count). The second kappa shape index (κ2) is 5.53. The van der Waals surface area contributed by atoms with E-state index >= 15 is 0 Å². The van der Waals surface area contributed by atoms with Crippen LogP contribution in [0.5, 0.6) is 5.75 Å². The number of aliphatic hydroxyl groups excluding tert-OH is 1. The number of ether oxygens (including phenoxy) is 1. The number of fused-ring (bicyclic) bond motifs is 1. The van der Waals surface area contributed by atoms with E-state index in [-0.39, 0.29) is 12.7 Å². The number of nitrogens with one attached hydrogen (secondary N) is 1. The largest absolute Gasteiger partial charge is 0.488 e. The molecule has 0 saturated carbocycles. The summed E-state index contributed by atoms with van der Waals surface area (Å²) in [7, 11) is 0. The molecule has 1 aliphatic rings. The van der Waals surface area contributed by atoms with E-state index in [2.05, 4.69) is 5.32 Å². The second-order valence-electron chi connectivity index (χ2n) is 3.98. The minimum Gasteiger partial charge on any atom is -0.488 e. The van der Waals surface area contributed by atoms with Crippen molar-refractivity contribution in [2.75, 3.05) is 19.7 Å². The summed E-state index contributed by atoms with van der Waals surface area (Å²) in [6, 6.07) is 5.73. The maximum absolute atomic E-state index is 8.64. The average Bonchev–Trinajstić information content (AvgIpc) is 2.66. The Kier molecular flexibility index (Phi) is 4.04. The van der Waals surface area contributed by atoms with Gasteiger partial charge in [0.05, 0.1) is 0 Å². The summed E-state index contributed by atoms with van der Waals surface area (Å²) in [5.41, 5.74) is 1.18. The van der Waals surface area contributed by atoms with E-state index in [0.29, 0.717) is 0 Å². The molecule has 4 heteroatoms. The molecule has 0 radical (unpaired) electrons. The molecular formula is C12H16ClNO2. The zero-order valence-corrected chi connectivity index (χ0v) is 9.83. The third-order valence-electron chi connectivity index (χ3n) is 2.65. The Balaban J connectivity index is 1.81. The van der Waals surface area contributed by atoms with Crippen molar-refractivity contribution in [2.24, 2.45) is 0 Å². The number of rotatable bonds is 5. The first-order chi connectivity index (χ1) is 7.79. The van der Waals surface area contributed by atoms with Gasteiger partial charge >= 0.3 is 0 Å². The van der Waals surface area contributed by atoms with Gasteiger partial charge in [0.1, 0.15) is 11.9 Å². The van der Waals surface area contributed by atoms with Crippen LogP contribution < -0.4 is 10.1 Å². The van der Waals surface area contributed by atoms with Crippen LogP contribution in [0.25, 0.3) is 0 Å². The van der Waals surface area contributed by atoms with E-state index < -0.39 is 0 Å². The van der Waals surface area contributed by atoms with Crippen LogP contribution in [0.2, 0.25) is 5.02 Å². The highest BCUT2D eigenvalue weighted by atomic mass is 35.5. The van der Waals surface area contributed by atoms with Crippen LogP contribution in [0.1, 0.15) is 12.0 Å². The normalized spacial score (nSPS) is 18.2. The van der Waals surface area contributed by atoms with Gasteiger partial charge in [-0.2, -0.15) is 0 Å². The number of halogens is 1. The predicted molar refractivity (Wildman–Crippen MR) is 64.1 cm³/mol. The molecule has 88 valence electrons. The Morgan fingerprint density at radius 3 is 3.19 bits per heavy atom. The van der Waals surface area contributed by atoms with E-state index in [1.807, 2.05) is 18.2 Å². The molecule has 16 heavy (non-hydrogen) atoms. The summed E-state index contributed by atoms with van der Waals surface area (Å²) in [6.45, 7) is 1.87. The van der Waals surface area contributed by atoms with Crippen molar-refractivity contribution in [3.63, 3.8) is 0 Å². The quantitative estimate of drug-likeness (QED) is 0.770. The summed E-state index contributed by atoms with van der Waals surface area (Å²) in [5.74, 6) is 0.943. The Morgan fingerprint density at radius 2 is 2.38 bits per heavy atom. The number of benzene rings is 1. The first-order valence-corrected chi connectivity index (χ1v) is 5.94. The first-order valence-electron chi connectivity index (χ1n) is 5.56. The molecule has 1 aromatic rings. The van der Waals surface area contributed by atoms with Crippen LogP contribution in [-0.2, 0) is 6.42 Å². The van der Waals surface area contributed by atoms with Crippen LogP contribution in [-0.4, -0.2) is 30.9 Å². The lowest BCUT2D eigenvalue weighted by Gasteiger charge is -2.11. The molecule has 1 heterocycles. The molecule has 1 aromatic carbocycles. The summed E-state index contributed by atoms with van der Waals surface area (Å²) in [4.78, 5) is 0. The second-order valence-corrected chi connectivity index (χ2v) is 4.41. The molecule has 0 bridgehead atoms. The fourth-order valence-electron chi connectivity index (χ4n) is 1.87. The summed E-state index contributed by atoms with van der Waals surface area (Å²) < 4.78 is 5.76. The molecule has 0 amide bonds. The van der Waals surface area contributed by atoms with Gasteiger partial charge in [-0.25, -0.2) is 0 Å². The van der Waals surface area contributed by atoms with Crippen molar-refractivity contribution in [3.05, 3.63) is 28.8 Å². The zero-order valence-electron chi connectivity index (χ0n) is 9.08. The van der Waals surface area contributed by atoms with Gasteiger partial charge in [-0.3, -0.25) is 0 Å². The fraction of sp³-hybridized carbons (Fsp3) is 0.500. The number of hydrogen-bond donors (Lipinski definition) is 2. The topological polar surface area (TPSA) is 41.5 Å². The minimum absolute atomic E-state index is 0.187. The SMILES string of the molecule is OCCCNCC1Cc2cc(Cl)ccc2O1. The highest BCUT2D eigenvalue weighted by molar-refractivity contribution is 6.30. The molecule has 0 aromatic heterocycles. The number of hydrogen-bond acceptors (Lipinski definition) is 3. The molecule has 0 saturated heterocycles. The van der Waals surface area contributed by atoms with Crippen LogP contribution in [0.4, 0.5) is 0 Å². The molecule has 1 atom stereocenters. The fourth-order valence-corrected chi connectivity index (χ4v) is 2.06. The van der Waals surface area contributed by atoms with Gasteiger partial charge in [0.25, 0.3) is 0 Å². The van der Waals surface area contributed by atoms with Crippen molar-refractivity contribution >= 4 is 11.6 Å². The molecule has 2 N–H and O–H groups in total. The van der Waals surface area contributed by atoms with Gasteiger partial charge in [-0.05, 0) is 36.7 Å². The van der Waals surface area contributed by atoms with Crippen LogP contribution in [0, 0.1) is 0 Å². The third kappa shape index (κ3) is 2.88. The van der Waals surface area contributed by atoms with Crippen molar-refractivity contribution in [1.29, 1.82) is 0 Å². The predicted octanol–water partition coefficient (Wildman–Crippen LogP) is 1.62. The van der Waals surface area contributed by atoms with Gasteiger partial charge < -0.3 is 15.2 Å². The molecule has 1 unspecified atom stereocenters. The minimum atomic E-state index is 0.187. The third-order valence-corrected chi connectivity index (χ3v) is 2.88. The highest BCUT2D eigenvalue weighted by Crippen LogP contribution is 2.30. The Bertz CT molecular complexity index is 357. The molecule has 1 aliphatic heterocycles. The average molecular weight is 242 g/mol. The Morgan fingerprint density at radius 1 is 1.50 bits per heavy atom. The maximum Gasteiger partial charge on any atom is 0.123 e. The van der Waals surface area contributed by atoms with E-state index in [4.69, 9.17) is 21.4 Å². The van der Waals surface area contributed by atoms with E-state index in [9.17, 15) is 0 Å². The Hall–Kier alpha value is -0.770. The zero-order chi connectivity index (χ0) is 11.4. The van der Waals surface area contributed by atoms with Gasteiger partial charge in [0.15, 0.2) is 0 Å². The van der Waals surface area contributed by atoms with E-state index in [1.54, 1.807) is 0 Å². The molecule has 0 spiro atoms. The van der Waals surface area contributed by atoms with Gasteiger partial charge in [0, 0.05) is 24.6 Å². The van der Waals surface area contributed by atoms with Crippen molar-refractivity contribution < 1.29 is 9.84 Å². The monoisotopic (exact) mass is 241 g/mol.